The summed E-state index contributed by atoms with van der Waals surface area (Å²) in [6.07, 6.45) is 7.03. The normalized spacial score (nSPS) is 19.3. The smallest absolute Gasteiger partial charge is 0.199 e. The van der Waals surface area contributed by atoms with Crippen LogP contribution in [0.25, 0.3) is 0 Å². The van der Waals surface area contributed by atoms with Gasteiger partial charge in [0.2, 0.25) is 0 Å². The van der Waals surface area contributed by atoms with Gasteiger partial charge >= 0.3 is 0 Å². The Balaban J connectivity index is 1.56. The first-order valence-corrected chi connectivity index (χ1v) is 8.15. The second-order valence-corrected chi connectivity index (χ2v) is 5.95. The van der Waals surface area contributed by atoms with Gasteiger partial charge in [0.25, 0.3) is 0 Å². The molecule has 0 bridgehead atoms. The standard InChI is InChI=1S/C16H25N7/c1-3-5-22-6-4-18-15(22)12-21-7-9-23(10-8-21)14-11-13(2)19-16(17)20-14/h4,6,11H,2-3,5,7-10,12H2,1H3,(H3,17,19,20). The van der Waals surface area contributed by atoms with Crippen molar-refractivity contribution in [2.75, 3.05) is 26.2 Å². The molecule has 1 fully saturated rings. The van der Waals surface area contributed by atoms with E-state index in [4.69, 9.17) is 5.73 Å². The highest BCUT2D eigenvalue weighted by molar-refractivity contribution is 5.82. The molecule has 0 aliphatic carbocycles. The molecule has 0 amide bonds. The number of hydrogen-bond donors (Lipinski definition) is 2. The van der Waals surface area contributed by atoms with E-state index < -0.39 is 0 Å². The lowest BCUT2D eigenvalue weighted by Gasteiger charge is -2.36. The van der Waals surface area contributed by atoms with E-state index in [2.05, 4.69) is 49.4 Å². The Kier molecular flexibility index (Phi) is 4.66. The van der Waals surface area contributed by atoms with Gasteiger partial charge in [0.15, 0.2) is 5.96 Å². The zero-order valence-electron chi connectivity index (χ0n) is 13.7. The Morgan fingerprint density at radius 3 is 2.78 bits per heavy atom. The first-order valence-electron chi connectivity index (χ1n) is 8.15. The topological polar surface area (TPSA) is 74.7 Å². The van der Waals surface area contributed by atoms with Crippen LogP contribution in [0.2, 0.25) is 0 Å². The maximum absolute atomic E-state index is 5.77. The first kappa shape index (κ1) is 15.6. The molecule has 2 aliphatic rings. The van der Waals surface area contributed by atoms with Gasteiger partial charge in [0.1, 0.15) is 11.6 Å². The molecule has 0 atom stereocenters. The number of aliphatic imine (C=N–C) groups is 1. The fraction of sp³-hybridized carbons (Fsp3) is 0.500. The zero-order chi connectivity index (χ0) is 16.2. The van der Waals surface area contributed by atoms with Crippen molar-refractivity contribution in [3.63, 3.8) is 0 Å². The number of imidazole rings is 1. The van der Waals surface area contributed by atoms with Crippen LogP contribution in [0, 0.1) is 0 Å². The molecule has 1 saturated heterocycles. The third-order valence-electron chi connectivity index (χ3n) is 4.15. The lowest BCUT2D eigenvalue weighted by atomic mass is 10.3. The summed E-state index contributed by atoms with van der Waals surface area (Å²) in [5.41, 5.74) is 6.56. The summed E-state index contributed by atoms with van der Waals surface area (Å²) in [4.78, 5) is 13.6. The predicted octanol–water partition coefficient (Wildman–Crippen LogP) is 0.684. The Morgan fingerprint density at radius 1 is 1.30 bits per heavy atom. The molecule has 124 valence electrons. The van der Waals surface area contributed by atoms with Crippen LogP contribution in [0.5, 0.6) is 0 Å². The highest BCUT2D eigenvalue weighted by Gasteiger charge is 2.21. The summed E-state index contributed by atoms with van der Waals surface area (Å²) in [6.45, 7) is 11.9. The second kappa shape index (κ2) is 6.87. The van der Waals surface area contributed by atoms with E-state index in [0.717, 1.165) is 63.0 Å². The summed E-state index contributed by atoms with van der Waals surface area (Å²) >= 11 is 0. The number of rotatable bonds is 5. The number of guanidine groups is 1. The molecule has 3 rings (SSSR count). The Hall–Kier alpha value is -2.28. The van der Waals surface area contributed by atoms with E-state index in [9.17, 15) is 0 Å². The van der Waals surface area contributed by atoms with E-state index in [0.29, 0.717) is 5.96 Å². The largest absolute Gasteiger partial charge is 0.369 e. The van der Waals surface area contributed by atoms with E-state index in [1.54, 1.807) is 0 Å². The fourth-order valence-corrected chi connectivity index (χ4v) is 2.97. The minimum Gasteiger partial charge on any atom is -0.369 e. The minimum atomic E-state index is 0.413. The van der Waals surface area contributed by atoms with Crippen LogP contribution in [0.15, 0.2) is 41.6 Å². The average molecular weight is 315 g/mol. The summed E-state index contributed by atoms with van der Waals surface area (Å²) in [6, 6.07) is 0. The zero-order valence-corrected chi connectivity index (χ0v) is 13.7. The van der Waals surface area contributed by atoms with E-state index in [1.165, 1.54) is 0 Å². The lowest BCUT2D eigenvalue weighted by Crippen LogP contribution is -2.46. The maximum atomic E-state index is 5.77. The molecule has 0 saturated carbocycles. The fourth-order valence-electron chi connectivity index (χ4n) is 2.97. The number of aromatic nitrogens is 2. The van der Waals surface area contributed by atoms with E-state index >= 15 is 0 Å². The van der Waals surface area contributed by atoms with Gasteiger partial charge in [-0.15, -0.1) is 0 Å². The minimum absolute atomic E-state index is 0.413. The molecule has 1 aromatic heterocycles. The SMILES string of the molecule is C=C1C=C(N2CCN(Cc3nccn3CCC)CC2)N=C(N)N1. The van der Waals surface area contributed by atoms with Crippen LogP contribution in [-0.4, -0.2) is 51.5 Å². The summed E-state index contributed by atoms with van der Waals surface area (Å²) in [7, 11) is 0. The molecule has 1 aromatic rings. The van der Waals surface area contributed by atoms with Crippen LogP contribution in [0.4, 0.5) is 0 Å². The Morgan fingerprint density at radius 2 is 2.09 bits per heavy atom. The van der Waals surface area contributed by atoms with Gasteiger partial charge < -0.3 is 20.5 Å². The van der Waals surface area contributed by atoms with Crippen molar-refractivity contribution in [3.05, 3.63) is 42.4 Å². The molecule has 2 aliphatic heterocycles. The molecule has 0 unspecified atom stereocenters. The number of aryl methyl sites for hydroxylation is 1. The molecule has 7 heteroatoms. The van der Waals surface area contributed by atoms with Crippen molar-refractivity contribution < 1.29 is 0 Å². The third-order valence-corrected chi connectivity index (χ3v) is 4.15. The number of piperazine rings is 1. The molecule has 3 heterocycles. The van der Waals surface area contributed by atoms with Gasteiger partial charge in [-0.05, 0) is 6.42 Å². The third kappa shape index (κ3) is 3.73. The molecule has 0 aromatic carbocycles. The van der Waals surface area contributed by atoms with Crippen LogP contribution in [0.1, 0.15) is 19.2 Å². The van der Waals surface area contributed by atoms with E-state index in [1.807, 2.05) is 12.3 Å². The monoisotopic (exact) mass is 315 g/mol. The lowest BCUT2D eigenvalue weighted by molar-refractivity contribution is 0.147. The molecule has 7 nitrogen and oxygen atoms in total. The van der Waals surface area contributed by atoms with E-state index in [-0.39, 0.29) is 0 Å². The molecular weight excluding hydrogens is 290 g/mol. The van der Waals surface area contributed by atoms with Gasteiger partial charge in [0, 0.05) is 56.9 Å². The van der Waals surface area contributed by atoms with Crippen molar-refractivity contribution in [1.29, 1.82) is 0 Å². The van der Waals surface area contributed by atoms with Crippen molar-refractivity contribution in [2.24, 2.45) is 10.7 Å². The average Bonchev–Trinajstić information content (AvgIpc) is 2.95. The number of nitrogens with two attached hydrogens (primary N) is 1. The van der Waals surface area contributed by atoms with Crippen molar-refractivity contribution in [3.8, 4) is 0 Å². The van der Waals surface area contributed by atoms with Gasteiger partial charge in [-0.3, -0.25) is 4.90 Å². The maximum Gasteiger partial charge on any atom is 0.199 e. The Labute approximate surface area is 137 Å². The Bertz CT molecular complexity index is 620. The number of nitrogens with one attached hydrogen (secondary N) is 1. The van der Waals surface area contributed by atoms with Crippen LogP contribution in [0.3, 0.4) is 0 Å². The summed E-state index contributed by atoms with van der Waals surface area (Å²) < 4.78 is 2.25. The first-order chi connectivity index (χ1) is 11.2. The van der Waals surface area contributed by atoms with Crippen molar-refractivity contribution in [1.82, 2.24) is 24.7 Å². The number of allylic oxidation sites excluding steroid dienone is 1. The summed E-state index contributed by atoms with van der Waals surface area (Å²) in [5.74, 6) is 2.46. The van der Waals surface area contributed by atoms with Crippen LogP contribution < -0.4 is 11.1 Å². The van der Waals surface area contributed by atoms with Crippen LogP contribution in [-0.2, 0) is 13.1 Å². The number of nitrogens with zero attached hydrogens (tertiary/aromatic N) is 5. The van der Waals surface area contributed by atoms with Gasteiger partial charge in [-0.25, -0.2) is 4.98 Å². The van der Waals surface area contributed by atoms with Crippen molar-refractivity contribution in [2.45, 2.75) is 26.4 Å². The molecule has 23 heavy (non-hydrogen) atoms. The van der Waals surface area contributed by atoms with Gasteiger partial charge in [-0.1, -0.05) is 13.5 Å². The summed E-state index contributed by atoms with van der Waals surface area (Å²) in [5, 5.41) is 2.91. The quantitative estimate of drug-likeness (QED) is 0.836. The molecule has 0 radical (unpaired) electrons. The molecule has 3 N–H and O–H groups in total. The molecule has 0 spiro atoms. The van der Waals surface area contributed by atoms with Crippen LogP contribution >= 0.6 is 0 Å². The highest BCUT2D eigenvalue weighted by atomic mass is 15.3. The molecular formula is C16H25N7. The predicted molar refractivity (Wildman–Crippen MR) is 91.3 cm³/mol. The van der Waals surface area contributed by atoms with Crippen molar-refractivity contribution >= 4 is 5.96 Å². The van der Waals surface area contributed by atoms with Gasteiger partial charge in [-0.2, -0.15) is 4.99 Å². The van der Waals surface area contributed by atoms with Gasteiger partial charge in [0.05, 0.1) is 6.54 Å². The highest BCUT2D eigenvalue weighted by Crippen LogP contribution is 2.16. The number of hydrogen-bond acceptors (Lipinski definition) is 6. The second-order valence-electron chi connectivity index (χ2n) is 5.95.